The largest absolute Gasteiger partial charge is 0.353 e. The molecule has 0 aliphatic carbocycles. The first kappa shape index (κ1) is 18.4. The molecule has 4 rings (SSSR count). The molecule has 0 spiro atoms. The van der Waals surface area contributed by atoms with Gasteiger partial charge in [-0.25, -0.2) is 0 Å². The maximum Gasteiger partial charge on any atom is 0.237 e. The molecule has 1 aromatic rings. The van der Waals surface area contributed by atoms with Crippen molar-refractivity contribution in [3.8, 4) is 0 Å². The maximum absolute atomic E-state index is 12.4. The predicted octanol–water partition coefficient (Wildman–Crippen LogP) is 1.12. The number of hydrogen-bond donors (Lipinski definition) is 2. The second-order valence-electron chi connectivity index (χ2n) is 8.04. The molecule has 3 fully saturated rings. The van der Waals surface area contributed by atoms with Gasteiger partial charge in [0.05, 0.1) is 6.04 Å². The van der Waals surface area contributed by atoms with Crippen molar-refractivity contribution >= 4 is 11.8 Å². The number of carbonyl (C=O) groups excluding carboxylic acids is 2. The van der Waals surface area contributed by atoms with E-state index in [2.05, 4.69) is 39.8 Å². The van der Waals surface area contributed by atoms with Crippen LogP contribution in [0.3, 0.4) is 0 Å². The smallest absolute Gasteiger partial charge is 0.237 e. The summed E-state index contributed by atoms with van der Waals surface area (Å²) in [5, 5.41) is 6.67. The van der Waals surface area contributed by atoms with Gasteiger partial charge >= 0.3 is 0 Å². The van der Waals surface area contributed by atoms with Crippen LogP contribution in [0, 0.1) is 0 Å². The quantitative estimate of drug-likeness (QED) is 0.788. The van der Waals surface area contributed by atoms with E-state index >= 15 is 0 Å². The van der Waals surface area contributed by atoms with Gasteiger partial charge in [-0.1, -0.05) is 30.3 Å². The summed E-state index contributed by atoms with van der Waals surface area (Å²) in [6.45, 7) is 4.20. The van der Waals surface area contributed by atoms with Crippen LogP contribution in [0.5, 0.6) is 0 Å². The highest BCUT2D eigenvalue weighted by Crippen LogP contribution is 2.26. The Balaban J connectivity index is 1.30. The molecule has 3 saturated heterocycles. The Morgan fingerprint density at radius 1 is 1.19 bits per heavy atom. The second kappa shape index (κ2) is 8.40. The summed E-state index contributed by atoms with van der Waals surface area (Å²) in [4.78, 5) is 29.0. The molecule has 27 heavy (non-hydrogen) atoms. The molecule has 3 unspecified atom stereocenters. The third kappa shape index (κ3) is 4.33. The fourth-order valence-electron chi connectivity index (χ4n) is 4.66. The molecule has 0 radical (unpaired) electrons. The number of amides is 2. The fourth-order valence-corrected chi connectivity index (χ4v) is 4.66. The predicted molar refractivity (Wildman–Crippen MR) is 104 cm³/mol. The van der Waals surface area contributed by atoms with Gasteiger partial charge in [-0.15, -0.1) is 0 Å². The highest BCUT2D eigenvalue weighted by molar-refractivity contribution is 5.83. The van der Waals surface area contributed by atoms with Crippen LogP contribution in [0.15, 0.2) is 30.3 Å². The number of fused-ring (bicyclic) bond motifs is 1. The minimum atomic E-state index is -0.0566. The van der Waals surface area contributed by atoms with Gasteiger partial charge < -0.3 is 15.5 Å². The summed E-state index contributed by atoms with van der Waals surface area (Å²) in [7, 11) is 0. The van der Waals surface area contributed by atoms with Crippen molar-refractivity contribution in [3.05, 3.63) is 35.9 Å². The summed E-state index contributed by atoms with van der Waals surface area (Å²) in [6.07, 6.45) is 4.53. The third-order valence-electron chi connectivity index (χ3n) is 6.21. The van der Waals surface area contributed by atoms with E-state index in [1.807, 2.05) is 11.0 Å². The molecule has 0 bridgehead atoms. The normalized spacial score (nSPS) is 28.2. The molecular formula is C21H30N4O2. The first-order valence-corrected chi connectivity index (χ1v) is 10.3. The Morgan fingerprint density at radius 2 is 1.96 bits per heavy atom. The molecule has 2 amide bonds. The van der Waals surface area contributed by atoms with Crippen LogP contribution in [0.25, 0.3) is 0 Å². The van der Waals surface area contributed by atoms with Crippen LogP contribution < -0.4 is 10.6 Å². The van der Waals surface area contributed by atoms with E-state index in [1.165, 1.54) is 5.56 Å². The minimum Gasteiger partial charge on any atom is -0.353 e. The summed E-state index contributed by atoms with van der Waals surface area (Å²) >= 11 is 0. The van der Waals surface area contributed by atoms with Crippen molar-refractivity contribution in [3.63, 3.8) is 0 Å². The van der Waals surface area contributed by atoms with Gasteiger partial charge in [0.1, 0.15) is 0 Å². The number of nitrogens with one attached hydrogen (secondary N) is 2. The Hall–Kier alpha value is -1.92. The van der Waals surface area contributed by atoms with Crippen molar-refractivity contribution in [2.75, 3.05) is 26.2 Å². The van der Waals surface area contributed by atoms with Crippen molar-refractivity contribution in [2.24, 2.45) is 0 Å². The zero-order chi connectivity index (χ0) is 18.6. The van der Waals surface area contributed by atoms with Crippen LogP contribution in [0.2, 0.25) is 0 Å². The lowest BCUT2D eigenvalue weighted by Gasteiger charge is -2.37. The summed E-state index contributed by atoms with van der Waals surface area (Å²) in [5.41, 5.74) is 1.26. The van der Waals surface area contributed by atoms with Gasteiger partial charge in [0.25, 0.3) is 0 Å². The Labute approximate surface area is 161 Å². The van der Waals surface area contributed by atoms with Gasteiger partial charge in [-0.3, -0.25) is 14.5 Å². The summed E-state index contributed by atoms with van der Waals surface area (Å²) < 4.78 is 0. The maximum atomic E-state index is 12.4. The zero-order valence-corrected chi connectivity index (χ0v) is 15.9. The van der Waals surface area contributed by atoms with Crippen LogP contribution in [0.4, 0.5) is 0 Å². The van der Waals surface area contributed by atoms with Gasteiger partial charge in [0.15, 0.2) is 0 Å². The lowest BCUT2D eigenvalue weighted by molar-refractivity contribution is -0.131. The van der Waals surface area contributed by atoms with E-state index in [0.717, 1.165) is 51.9 Å². The number of carbonyl (C=O) groups is 2. The topological polar surface area (TPSA) is 64.7 Å². The number of piperazine rings is 1. The van der Waals surface area contributed by atoms with Crippen molar-refractivity contribution < 1.29 is 9.59 Å². The minimum absolute atomic E-state index is 0.0566. The molecular weight excluding hydrogens is 340 g/mol. The SMILES string of the molecule is O=C1NCC(CCC(=O)N2CCCC2)N2CC(NCc3ccccc3)CC12. The molecule has 3 atom stereocenters. The molecule has 146 valence electrons. The molecule has 0 aromatic heterocycles. The van der Waals surface area contributed by atoms with E-state index in [9.17, 15) is 9.59 Å². The summed E-state index contributed by atoms with van der Waals surface area (Å²) in [5.74, 6) is 0.417. The average molecular weight is 370 g/mol. The second-order valence-corrected chi connectivity index (χ2v) is 8.04. The average Bonchev–Trinajstić information content (AvgIpc) is 3.37. The van der Waals surface area contributed by atoms with Gasteiger partial charge in [-0.05, 0) is 31.2 Å². The van der Waals surface area contributed by atoms with Crippen LogP contribution in [0.1, 0.15) is 37.7 Å². The summed E-state index contributed by atoms with van der Waals surface area (Å²) in [6, 6.07) is 10.9. The Morgan fingerprint density at radius 3 is 2.74 bits per heavy atom. The van der Waals surface area contributed by atoms with Crippen LogP contribution in [-0.4, -0.2) is 65.9 Å². The highest BCUT2D eigenvalue weighted by Gasteiger charge is 2.43. The fraction of sp³-hybridized carbons (Fsp3) is 0.619. The van der Waals surface area contributed by atoms with Gasteiger partial charge in [0.2, 0.25) is 11.8 Å². The van der Waals surface area contributed by atoms with Crippen LogP contribution >= 0.6 is 0 Å². The zero-order valence-electron chi connectivity index (χ0n) is 15.9. The third-order valence-corrected chi connectivity index (χ3v) is 6.21. The molecule has 1 aromatic carbocycles. The first-order valence-electron chi connectivity index (χ1n) is 10.3. The highest BCUT2D eigenvalue weighted by atomic mass is 16.2. The number of hydrogen-bond acceptors (Lipinski definition) is 4. The first-order chi connectivity index (χ1) is 13.2. The van der Waals surface area contributed by atoms with Crippen molar-refractivity contribution in [2.45, 2.75) is 56.8 Å². The standard InChI is InChI=1S/C21H30N4O2/c26-20(24-10-4-5-11-24)9-8-18-14-23-21(27)19-12-17(15-25(18)19)22-13-16-6-2-1-3-7-16/h1-3,6-7,17-19,22H,4-5,8-15H2,(H,23,27). The lowest BCUT2D eigenvalue weighted by Crippen LogP contribution is -2.58. The molecule has 3 aliphatic heterocycles. The molecule has 3 aliphatic rings. The Bertz CT molecular complexity index is 659. The van der Waals surface area contributed by atoms with E-state index < -0.39 is 0 Å². The van der Waals surface area contributed by atoms with E-state index in [1.54, 1.807) is 0 Å². The lowest BCUT2D eigenvalue weighted by atomic mass is 10.0. The van der Waals surface area contributed by atoms with Crippen molar-refractivity contribution in [1.29, 1.82) is 0 Å². The van der Waals surface area contributed by atoms with E-state index in [0.29, 0.717) is 19.0 Å². The number of likely N-dealkylation sites (tertiary alicyclic amines) is 1. The van der Waals surface area contributed by atoms with Gasteiger partial charge in [-0.2, -0.15) is 0 Å². The number of benzene rings is 1. The number of nitrogens with zero attached hydrogens (tertiary/aromatic N) is 2. The van der Waals surface area contributed by atoms with Gasteiger partial charge in [0, 0.05) is 51.2 Å². The molecule has 3 heterocycles. The van der Waals surface area contributed by atoms with E-state index in [4.69, 9.17) is 0 Å². The molecule has 0 saturated carbocycles. The van der Waals surface area contributed by atoms with E-state index in [-0.39, 0.29) is 23.9 Å². The number of rotatable bonds is 6. The van der Waals surface area contributed by atoms with Crippen molar-refractivity contribution in [1.82, 2.24) is 20.4 Å². The Kier molecular flexibility index (Phi) is 5.74. The van der Waals surface area contributed by atoms with Crippen LogP contribution in [-0.2, 0) is 16.1 Å². The monoisotopic (exact) mass is 370 g/mol. The molecule has 2 N–H and O–H groups in total. The molecule has 6 nitrogen and oxygen atoms in total. The molecule has 6 heteroatoms.